The summed E-state index contributed by atoms with van der Waals surface area (Å²) in [5, 5.41) is 3.92. The molecular formula is C14H16F2N4O. The van der Waals surface area contributed by atoms with Crippen LogP contribution in [0.3, 0.4) is 0 Å². The summed E-state index contributed by atoms with van der Waals surface area (Å²) >= 11 is 0. The Morgan fingerprint density at radius 3 is 2.62 bits per heavy atom. The molecule has 2 rings (SSSR count). The molecule has 1 aromatic carbocycles. The van der Waals surface area contributed by atoms with Crippen molar-refractivity contribution in [3.8, 4) is 0 Å². The maximum atomic E-state index is 13.2. The number of carbonyl (C=O) groups excluding carboxylic acids is 1. The third-order valence-electron chi connectivity index (χ3n) is 3.20. The molecule has 5 nitrogen and oxygen atoms in total. The number of aromatic nitrogens is 2. The van der Waals surface area contributed by atoms with E-state index in [0.717, 1.165) is 12.1 Å². The Hall–Kier alpha value is -2.44. The van der Waals surface area contributed by atoms with Crippen molar-refractivity contribution in [3.05, 3.63) is 47.3 Å². The molecule has 2 aromatic rings. The molecule has 0 aliphatic rings. The van der Waals surface area contributed by atoms with E-state index in [2.05, 4.69) is 5.10 Å². The van der Waals surface area contributed by atoms with Gasteiger partial charge in [0.25, 0.3) is 5.91 Å². The number of aryl methyl sites for hydroxylation is 1. The first kappa shape index (κ1) is 15.0. The van der Waals surface area contributed by atoms with Gasteiger partial charge in [0.2, 0.25) is 0 Å². The summed E-state index contributed by atoms with van der Waals surface area (Å²) < 4.78 is 27.5. The number of nitrogens with two attached hydrogens (primary N) is 1. The van der Waals surface area contributed by atoms with Gasteiger partial charge in [-0.15, -0.1) is 0 Å². The zero-order chi connectivity index (χ0) is 15.6. The van der Waals surface area contributed by atoms with Crippen LogP contribution in [0.2, 0.25) is 0 Å². The molecule has 2 N–H and O–H groups in total. The summed E-state index contributed by atoms with van der Waals surface area (Å²) in [7, 11) is 1.62. The van der Waals surface area contributed by atoms with E-state index in [4.69, 9.17) is 5.73 Å². The smallest absolute Gasteiger partial charge is 0.274 e. The van der Waals surface area contributed by atoms with E-state index >= 15 is 0 Å². The Balaban J connectivity index is 2.23. The molecule has 0 fully saturated rings. The molecule has 1 aromatic heterocycles. The SMILES string of the molecule is CCN(Cc1ccc(F)c(F)c1)C(=O)c1c(N)cnn1C. The van der Waals surface area contributed by atoms with Crippen LogP contribution < -0.4 is 5.73 Å². The maximum Gasteiger partial charge on any atom is 0.274 e. The molecule has 0 aliphatic carbocycles. The standard InChI is InChI=1S/C14H16F2N4O/c1-3-20(8-9-4-5-10(15)11(16)6-9)14(21)13-12(17)7-18-19(13)2/h4-7H,3,8,17H2,1-2H3. The highest BCUT2D eigenvalue weighted by Crippen LogP contribution is 2.16. The maximum absolute atomic E-state index is 13.2. The molecule has 0 saturated heterocycles. The van der Waals surface area contributed by atoms with Gasteiger partial charge in [-0.3, -0.25) is 9.48 Å². The number of nitrogens with zero attached hydrogens (tertiary/aromatic N) is 3. The molecule has 7 heteroatoms. The molecule has 0 spiro atoms. The topological polar surface area (TPSA) is 64.2 Å². The van der Waals surface area contributed by atoms with Crippen molar-refractivity contribution in [1.82, 2.24) is 14.7 Å². The summed E-state index contributed by atoms with van der Waals surface area (Å²) in [6, 6.07) is 3.57. The van der Waals surface area contributed by atoms with Gasteiger partial charge >= 0.3 is 0 Å². The minimum absolute atomic E-state index is 0.164. The first-order valence-electron chi connectivity index (χ1n) is 6.44. The normalized spacial score (nSPS) is 10.7. The molecule has 1 heterocycles. The quantitative estimate of drug-likeness (QED) is 0.937. The van der Waals surface area contributed by atoms with E-state index in [-0.39, 0.29) is 23.8 Å². The molecular weight excluding hydrogens is 278 g/mol. The Morgan fingerprint density at radius 2 is 2.10 bits per heavy atom. The van der Waals surface area contributed by atoms with E-state index in [1.807, 2.05) is 0 Å². The van der Waals surface area contributed by atoms with Gasteiger partial charge < -0.3 is 10.6 Å². The summed E-state index contributed by atoms with van der Waals surface area (Å²) in [5.41, 5.74) is 6.80. The third-order valence-corrected chi connectivity index (χ3v) is 3.20. The Labute approximate surface area is 121 Å². The lowest BCUT2D eigenvalue weighted by Gasteiger charge is -2.21. The number of nitrogen functional groups attached to an aromatic ring is 1. The van der Waals surface area contributed by atoms with Crippen LogP contribution >= 0.6 is 0 Å². The first-order valence-corrected chi connectivity index (χ1v) is 6.44. The first-order chi connectivity index (χ1) is 9.93. The molecule has 0 radical (unpaired) electrons. The average Bonchev–Trinajstić information content (AvgIpc) is 2.78. The average molecular weight is 294 g/mol. The van der Waals surface area contributed by atoms with E-state index in [9.17, 15) is 13.6 Å². The predicted octanol–water partition coefficient (Wildman–Crippen LogP) is 1.94. The van der Waals surface area contributed by atoms with Crippen LogP contribution in [-0.4, -0.2) is 27.1 Å². The number of rotatable bonds is 4. The van der Waals surface area contributed by atoms with Gasteiger partial charge in [0.05, 0.1) is 11.9 Å². The van der Waals surface area contributed by atoms with Crippen molar-refractivity contribution in [2.24, 2.45) is 7.05 Å². The number of halogens is 2. The lowest BCUT2D eigenvalue weighted by molar-refractivity contribution is 0.0742. The van der Waals surface area contributed by atoms with Gasteiger partial charge in [0.1, 0.15) is 5.69 Å². The lowest BCUT2D eigenvalue weighted by Crippen LogP contribution is -2.32. The van der Waals surface area contributed by atoms with Crippen molar-refractivity contribution in [3.63, 3.8) is 0 Å². The van der Waals surface area contributed by atoms with Crippen molar-refractivity contribution in [2.75, 3.05) is 12.3 Å². The Morgan fingerprint density at radius 1 is 1.38 bits per heavy atom. The molecule has 0 aliphatic heterocycles. The van der Waals surface area contributed by atoms with E-state index in [1.54, 1.807) is 14.0 Å². The molecule has 0 bridgehead atoms. The number of anilines is 1. The molecule has 112 valence electrons. The summed E-state index contributed by atoms with van der Waals surface area (Å²) in [5.74, 6) is -2.15. The van der Waals surface area contributed by atoms with Crippen molar-refractivity contribution in [2.45, 2.75) is 13.5 Å². The third kappa shape index (κ3) is 3.01. The number of amides is 1. The molecule has 0 saturated carbocycles. The van der Waals surface area contributed by atoms with Gasteiger partial charge in [-0.05, 0) is 24.6 Å². The van der Waals surface area contributed by atoms with Crippen LogP contribution in [0.25, 0.3) is 0 Å². The zero-order valence-corrected chi connectivity index (χ0v) is 11.8. The highest BCUT2D eigenvalue weighted by Gasteiger charge is 2.21. The van der Waals surface area contributed by atoms with Crippen molar-refractivity contribution in [1.29, 1.82) is 0 Å². The second-order valence-electron chi connectivity index (χ2n) is 4.64. The molecule has 21 heavy (non-hydrogen) atoms. The van der Waals surface area contributed by atoms with Crippen LogP contribution in [0.4, 0.5) is 14.5 Å². The van der Waals surface area contributed by atoms with Crippen LogP contribution in [0, 0.1) is 11.6 Å². The fourth-order valence-corrected chi connectivity index (χ4v) is 2.05. The molecule has 0 unspecified atom stereocenters. The fraction of sp³-hybridized carbons (Fsp3) is 0.286. The van der Waals surface area contributed by atoms with Crippen LogP contribution in [-0.2, 0) is 13.6 Å². The van der Waals surface area contributed by atoms with Gasteiger partial charge in [0.15, 0.2) is 11.6 Å². The summed E-state index contributed by atoms with van der Waals surface area (Å²) in [4.78, 5) is 13.9. The van der Waals surface area contributed by atoms with Crippen molar-refractivity contribution >= 4 is 11.6 Å². The number of hydrogen-bond acceptors (Lipinski definition) is 3. The largest absolute Gasteiger partial charge is 0.396 e. The summed E-state index contributed by atoms with van der Waals surface area (Å²) in [6.45, 7) is 2.37. The van der Waals surface area contributed by atoms with Gasteiger partial charge in [0, 0.05) is 20.1 Å². The second-order valence-corrected chi connectivity index (χ2v) is 4.64. The van der Waals surface area contributed by atoms with Gasteiger partial charge in [-0.2, -0.15) is 5.10 Å². The predicted molar refractivity (Wildman–Crippen MR) is 74.4 cm³/mol. The fourth-order valence-electron chi connectivity index (χ4n) is 2.05. The van der Waals surface area contributed by atoms with Crippen LogP contribution in [0.15, 0.2) is 24.4 Å². The van der Waals surface area contributed by atoms with Crippen molar-refractivity contribution < 1.29 is 13.6 Å². The van der Waals surface area contributed by atoms with Gasteiger partial charge in [-0.25, -0.2) is 8.78 Å². The number of carbonyl (C=O) groups is 1. The van der Waals surface area contributed by atoms with E-state index in [1.165, 1.54) is 21.8 Å². The molecule has 1 amide bonds. The minimum atomic E-state index is -0.934. The minimum Gasteiger partial charge on any atom is -0.396 e. The molecule has 0 atom stereocenters. The highest BCUT2D eigenvalue weighted by atomic mass is 19.2. The highest BCUT2D eigenvalue weighted by molar-refractivity contribution is 5.97. The number of hydrogen-bond donors (Lipinski definition) is 1. The Bertz CT molecular complexity index is 649. The van der Waals surface area contributed by atoms with Crippen LogP contribution in [0.1, 0.15) is 23.0 Å². The summed E-state index contributed by atoms with van der Waals surface area (Å²) in [6.07, 6.45) is 1.40. The monoisotopic (exact) mass is 294 g/mol. The zero-order valence-electron chi connectivity index (χ0n) is 11.8. The van der Waals surface area contributed by atoms with Crippen LogP contribution in [0.5, 0.6) is 0 Å². The lowest BCUT2D eigenvalue weighted by atomic mass is 10.2. The number of benzene rings is 1. The second kappa shape index (κ2) is 5.90. The Kier molecular flexibility index (Phi) is 4.21. The van der Waals surface area contributed by atoms with E-state index < -0.39 is 11.6 Å². The van der Waals surface area contributed by atoms with Gasteiger partial charge in [-0.1, -0.05) is 6.07 Å². The van der Waals surface area contributed by atoms with E-state index in [0.29, 0.717) is 12.1 Å².